The van der Waals surface area contributed by atoms with Gasteiger partial charge in [0.15, 0.2) is 0 Å². The molecule has 1 aliphatic heterocycles. The van der Waals surface area contributed by atoms with Gasteiger partial charge in [0.1, 0.15) is 5.75 Å². The van der Waals surface area contributed by atoms with Gasteiger partial charge < -0.3 is 20.1 Å². The molecule has 1 fully saturated rings. The Balaban J connectivity index is 1.58. The normalized spacial score (nSPS) is 15.1. The molecule has 1 aliphatic rings. The quantitative estimate of drug-likeness (QED) is 0.206. The highest BCUT2D eigenvalue weighted by atomic mass is 35.5. The van der Waals surface area contributed by atoms with E-state index in [1.54, 1.807) is 12.1 Å². The summed E-state index contributed by atoms with van der Waals surface area (Å²) in [5.41, 5.74) is 12.2. The van der Waals surface area contributed by atoms with Gasteiger partial charge in [-0.1, -0.05) is 35.9 Å². The van der Waals surface area contributed by atoms with Crippen molar-refractivity contribution in [3.05, 3.63) is 87.9 Å². The minimum absolute atomic E-state index is 0.138. The maximum atomic E-state index is 12.1. The number of carboxylic acid groups (broad SMARTS) is 1. The number of primary amides is 1. The van der Waals surface area contributed by atoms with Crippen LogP contribution in [-0.2, 0) is 11.8 Å². The van der Waals surface area contributed by atoms with Crippen molar-refractivity contribution in [1.82, 2.24) is 9.47 Å². The Bertz CT molecular complexity index is 1600. The molecule has 0 bridgehead atoms. The number of fused-ring (bicyclic) bond motifs is 1. The van der Waals surface area contributed by atoms with Crippen molar-refractivity contribution in [3.63, 3.8) is 0 Å². The first-order valence-electron chi connectivity index (χ1n) is 14.5. The van der Waals surface area contributed by atoms with Crippen LogP contribution in [0.4, 0.5) is 0 Å². The Kier molecular flexibility index (Phi) is 8.90. The molecule has 8 heteroatoms. The molecule has 0 spiro atoms. The summed E-state index contributed by atoms with van der Waals surface area (Å²) in [4.78, 5) is 26.5. The number of halogens is 1. The van der Waals surface area contributed by atoms with Crippen molar-refractivity contribution >= 4 is 34.4 Å². The number of ether oxygens (including phenoxy) is 1. The Labute approximate surface area is 251 Å². The van der Waals surface area contributed by atoms with Crippen LogP contribution in [0.3, 0.4) is 0 Å². The predicted molar refractivity (Wildman–Crippen MR) is 167 cm³/mol. The summed E-state index contributed by atoms with van der Waals surface area (Å²) in [5, 5.41) is 11.3. The number of carboxylic acids is 1. The molecule has 3 N–H and O–H groups in total. The van der Waals surface area contributed by atoms with Crippen molar-refractivity contribution in [1.29, 1.82) is 0 Å². The third kappa shape index (κ3) is 6.03. The molecular formula is C34H38ClN3O4. The zero-order valence-electron chi connectivity index (χ0n) is 24.4. The Morgan fingerprint density at radius 1 is 1.07 bits per heavy atom. The molecule has 5 rings (SSSR count). The molecule has 0 radical (unpaired) electrons. The number of amides is 1. The lowest BCUT2D eigenvalue weighted by Crippen LogP contribution is -2.37. The lowest BCUT2D eigenvalue weighted by atomic mass is 9.86. The molecule has 42 heavy (non-hydrogen) atoms. The number of aromatic carboxylic acids is 1. The van der Waals surface area contributed by atoms with Gasteiger partial charge in [-0.05, 0) is 105 Å². The first kappa shape index (κ1) is 29.7. The number of nitrogens with two attached hydrogens (primary N) is 1. The number of piperidine rings is 1. The summed E-state index contributed by atoms with van der Waals surface area (Å²) < 4.78 is 8.12. The highest BCUT2D eigenvalue weighted by Gasteiger charge is 2.33. The van der Waals surface area contributed by atoms with Crippen LogP contribution in [0, 0.1) is 6.92 Å². The van der Waals surface area contributed by atoms with E-state index < -0.39 is 5.97 Å². The molecule has 7 nitrogen and oxygen atoms in total. The standard InChI is InChI=1S/C34H38ClN3O4/c1-4-42-30-19-21(2)5-11-26(30)22-15-17-38(18-16-22)29(13-14-31(36)39)32-27-20-24(34(40)41)8-12-28(27)37(3)33(32)23-6-9-25(35)10-7-23/h5-12,19-20,22,29H,4,13-18H2,1-3H3,(H2,36,39)(H,40,41). The summed E-state index contributed by atoms with van der Waals surface area (Å²) in [5.74, 6) is -0.00332. The van der Waals surface area contributed by atoms with E-state index in [1.807, 2.05) is 44.3 Å². The molecule has 3 aromatic carbocycles. The zero-order chi connectivity index (χ0) is 30.0. The van der Waals surface area contributed by atoms with Crippen LogP contribution in [0.5, 0.6) is 5.75 Å². The third-order valence-corrected chi connectivity index (χ3v) is 8.73. The van der Waals surface area contributed by atoms with E-state index in [0.717, 1.165) is 59.4 Å². The monoisotopic (exact) mass is 587 g/mol. The van der Waals surface area contributed by atoms with Gasteiger partial charge in [-0.15, -0.1) is 0 Å². The van der Waals surface area contributed by atoms with Crippen molar-refractivity contribution in [2.45, 2.75) is 51.5 Å². The fraction of sp³-hybridized carbons (Fsp3) is 0.353. The lowest BCUT2D eigenvalue weighted by Gasteiger charge is -2.38. The fourth-order valence-electron chi connectivity index (χ4n) is 6.47. The van der Waals surface area contributed by atoms with Crippen molar-refractivity contribution < 1.29 is 19.4 Å². The van der Waals surface area contributed by atoms with Gasteiger partial charge >= 0.3 is 5.97 Å². The highest BCUT2D eigenvalue weighted by Crippen LogP contribution is 2.44. The number of aryl methyl sites for hydroxylation is 2. The number of hydrogen-bond donors (Lipinski definition) is 2. The third-order valence-electron chi connectivity index (χ3n) is 8.48. The maximum Gasteiger partial charge on any atom is 0.335 e. The first-order chi connectivity index (χ1) is 20.2. The summed E-state index contributed by atoms with van der Waals surface area (Å²) in [6.45, 7) is 6.36. The summed E-state index contributed by atoms with van der Waals surface area (Å²) in [6, 6.07) is 19.3. The van der Waals surface area contributed by atoms with E-state index in [2.05, 4.69) is 34.6 Å². The highest BCUT2D eigenvalue weighted by molar-refractivity contribution is 6.30. The summed E-state index contributed by atoms with van der Waals surface area (Å²) in [6.07, 6.45) is 2.65. The van der Waals surface area contributed by atoms with Crippen LogP contribution in [0.25, 0.3) is 22.2 Å². The number of carbonyl (C=O) groups is 2. The van der Waals surface area contributed by atoms with Gasteiger partial charge in [-0.25, -0.2) is 4.79 Å². The maximum absolute atomic E-state index is 12.1. The molecule has 2 heterocycles. The van der Waals surface area contributed by atoms with Crippen LogP contribution < -0.4 is 10.5 Å². The van der Waals surface area contributed by atoms with Crippen molar-refractivity contribution in [2.75, 3.05) is 19.7 Å². The zero-order valence-corrected chi connectivity index (χ0v) is 25.2. The molecule has 1 atom stereocenters. The second-order valence-electron chi connectivity index (χ2n) is 11.2. The molecule has 1 amide bonds. The number of likely N-dealkylation sites (tertiary alicyclic amines) is 1. The smallest absolute Gasteiger partial charge is 0.335 e. The predicted octanol–water partition coefficient (Wildman–Crippen LogP) is 7.09. The van der Waals surface area contributed by atoms with Crippen LogP contribution in [0.2, 0.25) is 5.02 Å². The minimum Gasteiger partial charge on any atom is -0.494 e. The van der Waals surface area contributed by atoms with Gasteiger partial charge in [0, 0.05) is 41.0 Å². The molecule has 4 aromatic rings. The Hall–Kier alpha value is -3.81. The number of carbonyl (C=O) groups excluding carboxylic acids is 1. The lowest BCUT2D eigenvalue weighted by molar-refractivity contribution is -0.118. The molecular weight excluding hydrogens is 550 g/mol. The van der Waals surface area contributed by atoms with Crippen LogP contribution >= 0.6 is 11.6 Å². The average molecular weight is 588 g/mol. The van der Waals surface area contributed by atoms with E-state index in [-0.39, 0.29) is 23.9 Å². The van der Waals surface area contributed by atoms with E-state index in [4.69, 9.17) is 22.1 Å². The number of nitrogens with zero attached hydrogens (tertiary/aromatic N) is 2. The molecule has 1 unspecified atom stereocenters. The second-order valence-corrected chi connectivity index (χ2v) is 11.6. The van der Waals surface area contributed by atoms with E-state index >= 15 is 0 Å². The van der Waals surface area contributed by atoms with Gasteiger partial charge in [-0.2, -0.15) is 0 Å². The largest absolute Gasteiger partial charge is 0.494 e. The number of hydrogen-bond acceptors (Lipinski definition) is 4. The van der Waals surface area contributed by atoms with E-state index in [9.17, 15) is 14.7 Å². The van der Waals surface area contributed by atoms with Gasteiger partial charge in [-0.3, -0.25) is 9.69 Å². The van der Waals surface area contributed by atoms with Crippen LogP contribution in [-0.4, -0.2) is 46.1 Å². The summed E-state index contributed by atoms with van der Waals surface area (Å²) in [7, 11) is 2.00. The molecule has 0 aliphatic carbocycles. The number of rotatable bonds is 10. The minimum atomic E-state index is -0.975. The molecule has 1 aromatic heterocycles. The van der Waals surface area contributed by atoms with Crippen molar-refractivity contribution in [3.8, 4) is 17.0 Å². The second kappa shape index (κ2) is 12.6. The molecule has 220 valence electrons. The first-order valence-corrected chi connectivity index (χ1v) is 14.9. The van der Waals surface area contributed by atoms with E-state index in [0.29, 0.717) is 24.0 Å². The van der Waals surface area contributed by atoms with Crippen molar-refractivity contribution in [2.24, 2.45) is 12.8 Å². The Morgan fingerprint density at radius 2 is 1.79 bits per heavy atom. The fourth-order valence-corrected chi connectivity index (χ4v) is 6.60. The van der Waals surface area contributed by atoms with Gasteiger partial charge in [0.25, 0.3) is 0 Å². The molecule has 1 saturated heterocycles. The van der Waals surface area contributed by atoms with Crippen LogP contribution in [0.1, 0.15) is 71.6 Å². The summed E-state index contributed by atoms with van der Waals surface area (Å²) >= 11 is 6.24. The SMILES string of the molecule is CCOc1cc(C)ccc1C1CCN(C(CCC(N)=O)c2c(-c3ccc(Cl)cc3)n(C)c3ccc(C(=O)O)cc23)CC1. The molecule has 0 saturated carbocycles. The van der Waals surface area contributed by atoms with Gasteiger partial charge in [0.05, 0.1) is 17.9 Å². The van der Waals surface area contributed by atoms with E-state index in [1.165, 1.54) is 11.1 Å². The van der Waals surface area contributed by atoms with Gasteiger partial charge in [0.2, 0.25) is 5.91 Å². The average Bonchev–Trinajstić information content (AvgIpc) is 3.25. The topological polar surface area (TPSA) is 97.8 Å². The number of aromatic nitrogens is 1. The Morgan fingerprint density at radius 3 is 2.43 bits per heavy atom. The number of benzene rings is 3. The van der Waals surface area contributed by atoms with Crippen LogP contribution in [0.15, 0.2) is 60.7 Å².